The number of hydrogen-bond donors (Lipinski definition) is 2. The molecule has 1 atom stereocenters. The van der Waals surface area contributed by atoms with Crippen LogP contribution in [0.25, 0.3) is 5.70 Å². The van der Waals surface area contributed by atoms with Crippen molar-refractivity contribution in [1.82, 2.24) is 5.48 Å². The predicted octanol–water partition coefficient (Wildman–Crippen LogP) is 7.14. The minimum Gasteiger partial charge on any atom is -0.324 e. The number of alkyl halides is 3. The van der Waals surface area contributed by atoms with Crippen molar-refractivity contribution < 1.29 is 35.5 Å². The van der Waals surface area contributed by atoms with E-state index in [0.717, 1.165) is 17.7 Å². The third-order valence-corrected chi connectivity index (χ3v) is 8.73. The molecule has 2 N–H and O–H groups in total. The van der Waals surface area contributed by atoms with Gasteiger partial charge in [0, 0.05) is 23.2 Å². The molecular weight excluding hydrogens is 643 g/mol. The number of anilines is 1. The molecule has 0 radical (unpaired) electrons. The van der Waals surface area contributed by atoms with Gasteiger partial charge in [-0.1, -0.05) is 93.6 Å². The molecule has 4 aromatic rings. The number of hydroxylamine groups is 1. The number of ketones is 1. The van der Waals surface area contributed by atoms with Crippen molar-refractivity contribution in [3.05, 3.63) is 137 Å². The van der Waals surface area contributed by atoms with Gasteiger partial charge in [0.25, 0.3) is 0 Å². The van der Waals surface area contributed by atoms with Crippen LogP contribution < -0.4 is 10.8 Å². The van der Waals surface area contributed by atoms with E-state index in [1.807, 2.05) is 20.8 Å². The minimum absolute atomic E-state index is 0.0100. The van der Waals surface area contributed by atoms with Gasteiger partial charge in [0.05, 0.1) is 16.2 Å². The first-order chi connectivity index (χ1) is 22.6. The Balaban J connectivity index is 1.47. The van der Waals surface area contributed by atoms with Crippen molar-refractivity contribution in [2.24, 2.45) is 4.99 Å². The van der Waals surface area contributed by atoms with Gasteiger partial charge in [-0.2, -0.15) is 21.6 Å². The first-order valence-corrected chi connectivity index (χ1v) is 16.3. The second-order valence-corrected chi connectivity index (χ2v) is 13.7. The van der Waals surface area contributed by atoms with Crippen LogP contribution in [0.2, 0.25) is 0 Å². The Morgan fingerprint density at radius 2 is 1.48 bits per heavy atom. The molecule has 1 aliphatic rings. The standard InChI is InChI=1S/C36H32F3N3O5S/c1-35(2,3)24-16-18-27(19-17-24)48(45,46)47-42-30-22-31(33(43)29-15-8-7-14-28(29)30)41-32(20-23-10-5-4-6-11-23)34(44)40-26-13-9-12-25(21-26)36(37,38)39/h4-19,21-22,32,42H,20H2,1-3H3,(H,40,44). The lowest BCUT2D eigenvalue weighted by Gasteiger charge is -2.21. The molecule has 12 heteroatoms. The summed E-state index contributed by atoms with van der Waals surface area (Å²) in [4.78, 5) is 31.5. The number of benzene rings is 4. The molecule has 1 amide bonds. The second kappa shape index (κ2) is 13.6. The van der Waals surface area contributed by atoms with Crippen molar-refractivity contribution >= 4 is 38.9 Å². The van der Waals surface area contributed by atoms with Crippen molar-refractivity contribution in [2.45, 2.75) is 49.7 Å². The maximum atomic E-state index is 13.6. The first kappa shape index (κ1) is 34.3. The highest BCUT2D eigenvalue weighted by Crippen LogP contribution is 2.31. The van der Waals surface area contributed by atoms with Gasteiger partial charge in [-0.25, -0.2) is 5.48 Å². The fourth-order valence-corrected chi connectivity index (χ4v) is 5.75. The van der Waals surface area contributed by atoms with E-state index < -0.39 is 39.6 Å². The lowest BCUT2D eigenvalue weighted by molar-refractivity contribution is -0.137. The molecule has 4 aromatic carbocycles. The monoisotopic (exact) mass is 675 g/mol. The number of nitrogens with zero attached hydrogens (tertiary/aromatic N) is 1. The number of aliphatic imine (C=N–C) groups is 1. The van der Waals surface area contributed by atoms with Crippen LogP contribution in [0.15, 0.2) is 119 Å². The topological polar surface area (TPSA) is 114 Å². The summed E-state index contributed by atoms with van der Waals surface area (Å²) < 4.78 is 71.3. The summed E-state index contributed by atoms with van der Waals surface area (Å²) >= 11 is 0. The van der Waals surface area contributed by atoms with Crippen LogP contribution in [0.4, 0.5) is 18.9 Å². The molecule has 0 aliphatic heterocycles. The summed E-state index contributed by atoms with van der Waals surface area (Å²) in [7, 11) is -4.30. The summed E-state index contributed by atoms with van der Waals surface area (Å²) in [6.45, 7) is 6.00. The Hall–Kier alpha value is -5.07. The van der Waals surface area contributed by atoms with Gasteiger partial charge in [0.2, 0.25) is 11.7 Å². The predicted molar refractivity (Wildman–Crippen MR) is 177 cm³/mol. The molecule has 5 rings (SSSR count). The maximum absolute atomic E-state index is 13.6. The third kappa shape index (κ3) is 8.07. The lowest BCUT2D eigenvalue weighted by atomic mass is 9.87. The van der Waals surface area contributed by atoms with Gasteiger partial charge in [-0.3, -0.25) is 14.6 Å². The number of nitrogens with one attached hydrogen (secondary N) is 2. The molecule has 248 valence electrons. The van der Waals surface area contributed by atoms with Crippen LogP contribution in [0.1, 0.15) is 53.4 Å². The zero-order chi connectivity index (χ0) is 34.7. The fraction of sp³-hybridized carbons (Fsp3) is 0.194. The average Bonchev–Trinajstić information content (AvgIpc) is 3.05. The first-order valence-electron chi connectivity index (χ1n) is 14.9. The Morgan fingerprint density at radius 3 is 2.12 bits per heavy atom. The van der Waals surface area contributed by atoms with Crippen molar-refractivity contribution in [3.8, 4) is 0 Å². The molecule has 0 bridgehead atoms. The Morgan fingerprint density at radius 1 is 0.833 bits per heavy atom. The summed E-state index contributed by atoms with van der Waals surface area (Å²) in [5.74, 6) is -1.29. The Kier molecular flexibility index (Phi) is 9.69. The third-order valence-electron chi connectivity index (χ3n) is 7.57. The van der Waals surface area contributed by atoms with Crippen molar-refractivity contribution in [3.63, 3.8) is 0 Å². The van der Waals surface area contributed by atoms with E-state index in [2.05, 4.69) is 15.8 Å². The van der Waals surface area contributed by atoms with Crippen LogP contribution >= 0.6 is 0 Å². The number of amides is 1. The maximum Gasteiger partial charge on any atom is 0.416 e. The van der Waals surface area contributed by atoms with Crippen molar-refractivity contribution in [2.75, 3.05) is 5.32 Å². The van der Waals surface area contributed by atoms with E-state index in [0.29, 0.717) is 11.1 Å². The van der Waals surface area contributed by atoms with Gasteiger partial charge in [-0.15, -0.1) is 4.28 Å². The Labute approximate surface area is 276 Å². The number of hydrogen-bond acceptors (Lipinski definition) is 7. The zero-order valence-corrected chi connectivity index (χ0v) is 27.0. The molecule has 0 aromatic heterocycles. The summed E-state index contributed by atoms with van der Waals surface area (Å²) in [6.07, 6.45) is -3.33. The fourth-order valence-electron chi connectivity index (χ4n) is 4.98. The highest BCUT2D eigenvalue weighted by Gasteiger charge is 2.32. The van der Waals surface area contributed by atoms with Crippen LogP contribution in [0.5, 0.6) is 0 Å². The van der Waals surface area contributed by atoms with E-state index in [9.17, 15) is 31.2 Å². The van der Waals surface area contributed by atoms with Gasteiger partial charge in [0.15, 0.2) is 0 Å². The van der Waals surface area contributed by atoms with E-state index in [1.165, 1.54) is 36.4 Å². The largest absolute Gasteiger partial charge is 0.416 e. The number of carbonyl (C=O) groups is 2. The molecule has 0 fully saturated rings. The quantitative estimate of drug-likeness (QED) is 0.182. The summed E-state index contributed by atoms with van der Waals surface area (Å²) in [5, 5.41) is 2.49. The van der Waals surface area contributed by atoms with E-state index in [1.54, 1.807) is 60.7 Å². The van der Waals surface area contributed by atoms with Crippen LogP contribution in [-0.2, 0) is 37.2 Å². The molecular formula is C36H32F3N3O5S. The molecule has 0 saturated heterocycles. The normalized spacial score (nSPS) is 15.0. The van der Waals surface area contributed by atoms with Gasteiger partial charge < -0.3 is 5.32 Å². The Bertz CT molecular complexity index is 2000. The second-order valence-electron chi connectivity index (χ2n) is 12.1. The number of fused-ring (bicyclic) bond motifs is 1. The number of carbonyl (C=O) groups excluding carboxylic acids is 2. The molecule has 1 unspecified atom stereocenters. The SMILES string of the molecule is CC(C)(C)c1ccc(S(=O)(=O)ONC2=CC(=NC(Cc3ccccc3)C(=O)Nc3cccc(C(F)(F)F)c3)C(=O)c3ccccc32)cc1. The van der Waals surface area contributed by atoms with Crippen LogP contribution in [0.3, 0.4) is 0 Å². The molecule has 8 nitrogen and oxygen atoms in total. The van der Waals surface area contributed by atoms with E-state index in [-0.39, 0.29) is 39.4 Å². The average molecular weight is 676 g/mol. The van der Waals surface area contributed by atoms with Crippen molar-refractivity contribution in [1.29, 1.82) is 0 Å². The van der Waals surface area contributed by atoms with Gasteiger partial charge in [-0.05, 0) is 52.9 Å². The minimum atomic E-state index is -4.62. The number of rotatable bonds is 9. The lowest BCUT2D eigenvalue weighted by Crippen LogP contribution is -2.32. The molecule has 48 heavy (non-hydrogen) atoms. The summed E-state index contributed by atoms with van der Waals surface area (Å²) in [5.41, 5.74) is 3.26. The van der Waals surface area contributed by atoms with E-state index in [4.69, 9.17) is 4.28 Å². The molecule has 1 aliphatic carbocycles. The number of Topliss-reactive ketones (excluding diaryl/α,β-unsaturated/α-hetero) is 1. The summed E-state index contributed by atoms with van der Waals surface area (Å²) in [6, 6.07) is 24.4. The van der Waals surface area contributed by atoms with Crippen LogP contribution in [-0.4, -0.2) is 31.9 Å². The molecule has 0 heterocycles. The number of allylic oxidation sites excluding steroid dienone is 1. The molecule has 0 spiro atoms. The molecule has 0 saturated carbocycles. The smallest absolute Gasteiger partial charge is 0.324 e. The number of halogens is 3. The van der Waals surface area contributed by atoms with Gasteiger partial charge in [0.1, 0.15) is 11.8 Å². The van der Waals surface area contributed by atoms with Crippen LogP contribution in [0, 0.1) is 0 Å². The highest BCUT2D eigenvalue weighted by atomic mass is 32.2. The zero-order valence-electron chi connectivity index (χ0n) is 26.2. The van der Waals surface area contributed by atoms with E-state index >= 15 is 0 Å². The highest BCUT2D eigenvalue weighted by molar-refractivity contribution is 7.86. The van der Waals surface area contributed by atoms with Gasteiger partial charge >= 0.3 is 16.3 Å².